The smallest absolute Gasteiger partial charge is 0.0590 e. The maximum absolute atomic E-state index is 7.81. The van der Waals surface area contributed by atoms with Crippen LogP contribution in [0.3, 0.4) is 0 Å². The van der Waals surface area contributed by atoms with Gasteiger partial charge in [0.2, 0.25) is 0 Å². The Morgan fingerprint density at radius 1 is 1.30 bits per heavy atom. The van der Waals surface area contributed by atoms with Gasteiger partial charge in [-0.2, -0.15) is 0 Å². The lowest BCUT2D eigenvalue weighted by Gasteiger charge is -2.03. The van der Waals surface area contributed by atoms with Crippen LogP contribution in [0.25, 0.3) is 0 Å². The minimum atomic E-state index is -1.12. The summed E-state index contributed by atoms with van der Waals surface area (Å²) in [6.07, 6.45) is 0. The molecule has 10 heavy (non-hydrogen) atoms. The predicted molar refractivity (Wildman–Crippen MR) is 45.3 cm³/mol. The summed E-state index contributed by atoms with van der Waals surface area (Å²) in [5.41, 5.74) is 0.487. The van der Waals surface area contributed by atoms with Crippen LogP contribution in [0.4, 0.5) is 0 Å². The summed E-state index contributed by atoms with van der Waals surface area (Å²) < 4.78 is 38.5. The molecule has 0 amide bonds. The lowest BCUT2D eigenvalue weighted by molar-refractivity contribution is 0.866. The van der Waals surface area contributed by atoms with Crippen molar-refractivity contribution in [1.29, 1.82) is 0 Å². The topological polar surface area (TPSA) is 0 Å². The summed E-state index contributed by atoms with van der Waals surface area (Å²) in [5.74, 6) is -1.12. The monoisotopic (exact) mass is 139 g/mol. The van der Waals surface area contributed by atoms with Gasteiger partial charge in [0.1, 0.15) is 0 Å². The maximum atomic E-state index is 7.81. The number of rotatable bonds is 1. The molecule has 0 saturated heterocycles. The normalized spacial score (nSPS) is 18.5. The van der Waals surface area contributed by atoms with Crippen LogP contribution in [0, 0.1) is 6.92 Å². The highest BCUT2D eigenvalue weighted by atomic mass is 14.0. The molecule has 0 spiro atoms. The van der Waals surface area contributed by atoms with Crippen molar-refractivity contribution in [3.05, 3.63) is 35.3 Å². The first kappa shape index (κ1) is 3.08. The lowest BCUT2D eigenvalue weighted by Crippen LogP contribution is -1.85. The molecule has 0 heterocycles. The summed E-state index contributed by atoms with van der Waals surface area (Å²) in [7, 11) is 0. The molecule has 54 valence electrons. The van der Waals surface area contributed by atoms with Crippen molar-refractivity contribution < 1.29 is 6.85 Å². The minimum absolute atomic E-state index is 0.0497. The van der Waals surface area contributed by atoms with Gasteiger partial charge in [0.05, 0.1) is 5.48 Å². The Hall–Kier alpha value is -0.780. The molecule has 0 bridgehead atoms. The molecular formula is C10H14. The number of hydrogen-bond acceptors (Lipinski definition) is 0. The zero-order chi connectivity index (χ0) is 12.0. The highest BCUT2D eigenvalue weighted by Crippen LogP contribution is 2.13. The van der Waals surface area contributed by atoms with Crippen molar-refractivity contribution in [2.75, 3.05) is 0 Å². The van der Waals surface area contributed by atoms with Crippen molar-refractivity contribution >= 4 is 0 Å². The van der Waals surface area contributed by atoms with Crippen molar-refractivity contribution in [2.24, 2.45) is 0 Å². The van der Waals surface area contributed by atoms with Crippen LogP contribution in [0.15, 0.2) is 24.2 Å². The Morgan fingerprint density at radius 2 is 1.80 bits per heavy atom. The van der Waals surface area contributed by atoms with Crippen LogP contribution in [-0.4, -0.2) is 0 Å². The van der Waals surface area contributed by atoms with Gasteiger partial charge in [0.25, 0.3) is 0 Å². The zero-order valence-electron chi connectivity index (χ0n) is 11.5. The van der Waals surface area contributed by atoms with E-state index in [0.717, 1.165) is 0 Å². The van der Waals surface area contributed by atoms with Crippen LogP contribution in [0.1, 0.15) is 37.7 Å². The van der Waals surface area contributed by atoms with Gasteiger partial charge < -0.3 is 0 Å². The van der Waals surface area contributed by atoms with Gasteiger partial charge in [-0.15, -0.1) is 0 Å². The molecule has 0 N–H and O–H groups in total. The molecule has 1 aromatic rings. The van der Waals surface area contributed by atoms with Gasteiger partial charge in [-0.1, -0.05) is 43.6 Å². The average molecular weight is 139 g/mol. The molecule has 0 saturated carbocycles. The molecule has 0 unspecified atom stereocenters. The van der Waals surface area contributed by atoms with Gasteiger partial charge in [0.15, 0.2) is 0 Å². The van der Waals surface area contributed by atoms with E-state index in [0.29, 0.717) is 5.56 Å². The second kappa shape index (κ2) is 2.87. The Morgan fingerprint density at radius 3 is 2.20 bits per heavy atom. The molecule has 0 radical (unpaired) electrons. The number of benzene rings is 1. The minimum Gasteiger partial charge on any atom is -0.0590 e. The van der Waals surface area contributed by atoms with E-state index in [2.05, 4.69) is 0 Å². The van der Waals surface area contributed by atoms with Crippen molar-refractivity contribution in [1.82, 2.24) is 0 Å². The van der Waals surface area contributed by atoms with Gasteiger partial charge in [0, 0.05) is 1.37 Å². The van der Waals surface area contributed by atoms with Gasteiger partial charge in [-0.05, 0) is 18.4 Å². The molecule has 0 atom stereocenters. The van der Waals surface area contributed by atoms with Gasteiger partial charge in [-0.3, -0.25) is 0 Å². The summed E-state index contributed by atoms with van der Waals surface area (Å²) in [4.78, 5) is 0. The molecule has 0 aliphatic rings. The van der Waals surface area contributed by atoms with Crippen LogP contribution in [-0.2, 0) is 0 Å². The van der Waals surface area contributed by atoms with Crippen LogP contribution >= 0.6 is 0 Å². The summed E-state index contributed by atoms with van der Waals surface area (Å²) in [6.45, 7) is 4.68. The SMILES string of the molecule is [2H]c1c([2H])c(C([2H])(C)C)c([2H])c([2H])c1C. The second-order valence-corrected chi connectivity index (χ2v) is 2.50. The van der Waals surface area contributed by atoms with Crippen molar-refractivity contribution in [2.45, 2.75) is 26.7 Å². The van der Waals surface area contributed by atoms with Crippen molar-refractivity contribution in [3.63, 3.8) is 0 Å². The molecule has 0 aliphatic heterocycles. The molecule has 0 heteroatoms. The zero-order valence-corrected chi connectivity index (χ0v) is 6.50. The van der Waals surface area contributed by atoms with Crippen LogP contribution < -0.4 is 0 Å². The van der Waals surface area contributed by atoms with Crippen LogP contribution in [0.2, 0.25) is 0 Å². The summed E-state index contributed by atoms with van der Waals surface area (Å²) >= 11 is 0. The first-order valence-corrected chi connectivity index (χ1v) is 3.25. The fraction of sp³-hybridized carbons (Fsp3) is 0.400. The maximum Gasteiger partial charge on any atom is 0.0626 e. The predicted octanol–water partition coefficient (Wildman–Crippen LogP) is 3.12. The Kier molecular flexibility index (Phi) is 0.884. The average Bonchev–Trinajstić information content (AvgIpc) is 2.09. The van der Waals surface area contributed by atoms with E-state index >= 15 is 0 Å². The third-order valence-corrected chi connectivity index (χ3v) is 1.25. The summed E-state index contributed by atoms with van der Waals surface area (Å²) in [5, 5.41) is 0. The standard InChI is InChI=1S/C10H14/c1-8(2)10-6-4-9(3)5-7-10/h4-8H,1-3H3/i4D,5D,6D,7D,8D. The van der Waals surface area contributed by atoms with Gasteiger partial charge >= 0.3 is 0 Å². The van der Waals surface area contributed by atoms with E-state index < -0.39 is 5.89 Å². The van der Waals surface area contributed by atoms with Gasteiger partial charge in [-0.25, -0.2) is 0 Å². The lowest BCUT2D eigenvalue weighted by atomic mass is 10.0. The third-order valence-electron chi connectivity index (χ3n) is 1.25. The first-order valence-electron chi connectivity index (χ1n) is 5.75. The molecule has 1 aromatic carbocycles. The summed E-state index contributed by atoms with van der Waals surface area (Å²) in [6, 6.07) is -0.306. The fourth-order valence-corrected chi connectivity index (χ4v) is 0.625. The molecule has 0 nitrogen and oxygen atoms in total. The van der Waals surface area contributed by atoms with Crippen molar-refractivity contribution in [3.8, 4) is 0 Å². The molecule has 1 rings (SSSR count). The molecule has 0 aliphatic carbocycles. The third kappa shape index (κ3) is 1.60. The van der Waals surface area contributed by atoms with E-state index in [9.17, 15) is 0 Å². The number of hydrogen-bond donors (Lipinski definition) is 0. The second-order valence-electron chi connectivity index (χ2n) is 2.50. The van der Waals surface area contributed by atoms with E-state index in [-0.39, 0.29) is 29.7 Å². The van der Waals surface area contributed by atoms with E-state index in [1.165, 1.54) is 0 Å². The quantitative estimate of drug-likeness (QED) is 0.560. The highest BCUT2D eigenvalue weighted by molar-refractivity contribution is 5.23. The Bertz CT molecular complexity index is 374. The van der Waals surface area contributed by atoms with E-state index in [1.54, 1.807) is 20.8 Å². The molecule has 0 fully saturated rings. The Balaban J connectivity index is 3.68. The highest BCUT2D eigenvalue weighted by Gasteiger charge is 1.95. The van der Waals surface area contributed by atoms with E-state index in [1.807, 2.05) is 0 Å². The fourth-order valence-electron chi connectivity index (χ4n) is 0.625. The van der Waals surface area contributed by atoms with Crippen LogP contribution in [0.5, 0.6) is 0 Å². The largest absolute Gasteiger partial charge is 0.0626 e. The molecule has 0 aromatic heterocycles. The molecular weight excluding hydrogens is 120 g/mol. The Labute approximate surface area is 69.9 Å². The van der Waals surface area contributed by atoms with E-state index in [4.69, 9.17) is 6.85 Å². The first-order chi connectivity index (χ1) is 6.68.